The van der Waals surface area contributed by atoms with Crippen molar-refractivity contribution in [1.82, 2.24) is 0 Å². The largest absolute Gasteiger partial charge is 0.397 e. The second kappa shape index (κ2) is 5.93. The van der Waals surface area contributed by atoms with Crippen LogP contribution >= 0.6 is 34.8 Å². The van der Waals surface area contributed by atoms with Crippen LogP contribution in [-0.4, -0.2) is 8.42 Å². The maximum Gasteiger partial charge on any atom is 0.261 e. The molecule has 0 aliphatic rings. The summed E-state index contributed by atoms with van der Waals surface area (Å²) in [7, 11) is -3.81. The van der Waals surface area contributed by atoms with Crippen LogP contribution in [0.1, 0.15) is 5.56 Å². The van der Waals surface area contributed by atoms with Gasteiger partial charge < -0.3 is 5.73 Å². The average molecular weight is 366 g/mol. The van der Waals surface area contributed by atoms with E-state index in [0.717, 1.165) is 0 Å². The zero-order valence-corrected chi connectivity index (χ0v) is 13.9. The van der Waals surface area contributed by atoms with E-state index in [1.54, 1.807) is 6.92 Å². The maximum absolute atomic E-state index is 12.3. The first-order valence-corrected chi connectivity index (χ1v) is 8.35. The SMILES string of the molecule is Cc1cc(S(=O)(=O)Nc2cc(Cl)cc(Cl)c2)cc(N)c1Cl. The molecule has 112 valence electrons. The molecule has 0 bridgehead atoms. The molecule has 0 spiro atoms. The summed E-state index contributed by atoms with van der Waals surface area (Å²) in [5, 5.41) is 0.985. The molecule has 0 saturated heterocycles. The molecule has 0 aliphatic heterocycles. The Kier molecular flexibility index (Phi) is 4.58. The molecule has 0 amide bonds. The van der Waals surface area contributed by atoms with Crippen LogP contribution in [-0.2, 0) is 10.0 Å². The van der Waals surface area contributed by atoms with Gasteiger partial charge in [-0.15, -0.1) is 0 Å². The molecule has 4 nitrogen and oxygen atoms in total. The molecule has 0 saturated carbocycles. The van der Waals surface area contributed by atoms with Gasteiger partial charge in [-0.2, -0.15) is 0 Å². The second-order valence-electron chi connectivity index (χ2n) is 4.41. The van der Waals surface area contributed by atoms with Crippen molar-refractivity contribution in [3.63, 3.8) is 0 Å². The molecule has 0 heterocycles. The zero-order chi connectivity index (χ0) is 15.8. The Bertz CT molecular complexity index is 764. The average Bonchev–Trinajstić information content (AvgIpc) is 2.33. The molecule has 2 aromatic carbocycles. The number of hydrogen-bond donors (Lipinski definition) is 2. The van der Waals surface area contributed by atoms with E-state index in [-0.39, 0.29) is 16.3 Å². The van der Waals surface area contributed by atoms with Crippen molar-refractivity contribution >= 4 is 56.2 Å². The van der Waals surface area contributed by atoms with Gasteiger partial charge in [0.15, 0.2) is 0 Å². The van der Waals surface area contributed by atoms with Gasteiger partial charge in [-0.1, -0.05) is 34.8 Å². The van der Waals surface area contributed by atoms with Crippen molar-refractivity contribution in [2.75, 3.05) is 10.5 Å². The molecule has 2 rings (SSSR count). The Labute approximate surface area is 137 Å². The van der Waals surface area contributed by atoms with Crippen molar-refractivity contribution in [2.24, 2.45) is 0 Å². The molecule has 21 heavy (non-hydrogen) atoms. The number of nitrogens with two attached hydrogens (primary N) is 1. The smallest absolute Gasteiger partial charge is 0.261 e. The topological polar surface area (TPSA) is 72.2 Å². The van der Waals surface area contributed by atoms with Crippen molar-refractivity contribution in [1.29, 1.82) is 0 Å². The third-order valence-electron chi connectivity index (χ3n) is 2.68. The first-order chi connectivity index (χ1) is 9.69. The van der Waals surface area contributed by atoms with E-state index in [9.17, 15) is 8.42 Å². The summed E-state index contributed by atoms with van der Waals surface area (Å²) >= 11 is 17.6. The van der Waals surface area contributed by atoms with Crippen molar-refractivity contribution in [3.05, 3.63) is 51.0 Å². The molecule has 0 aliphatic carbocycles. The number of nitrogen functional groups attached to an aromatic ring is 1. The number of sulfonamides is 1. The Hall–Kier alpha value is -1.14. The molecule has 0 radical (unpaired) electrons. The molecule has 0 unspecified atom stereocenters. The van der Waals surface area contributed by atoms with Crippen molar-refractivity contribution in [2.45, 2.75) is 11.8 Å². The minimum Gasteiger partial charge on any atom is -0.397 e. The molecule has 0 aromatic heterocycles. The lowest BCUT2D eigenvalue weighted by Gasteiger charge is -2.11. The first kappa shape index (κ1) is 16.2. The van der Waals surface area contributed by atoms with E-state index in [4.69, 9.17) is 40.5 Å². The Morgan fingerprint density at radius 1 is 1.00 bits per heavy atom. The molecule has 0 atom stereocenters. The lowest BCUT2D eigenvalue weighted by atomic mass is 10.2. The predicted molar refractivity (Wildman–Crippen MR) is 87.9 cm³/mol. The Morgan fingerprint density at radius 2 is 1.57 bits per heavy atom. The van der Waals surface area contributed by atoms with E-state index in [1.165, 1.54) is 30.3 Å². The summed E-state index contributed by atoms with van der Waals surface area (Å²) in [6, 6.07) is 7.15. The molecule has 0 fully saturated rings. The number of halogens is 3. The van der Waals surface area contributed by atoms with Crippen LogP contribution in [0.4, 0.5) is 11.4 Å². The van der Waals surface area contributed by atoms with E-state index < -0.39 is 10.0 Å². The third kappa shape index (κ3) is 3.74. The van der Waals surface area contributed by atoms with Gasteiger partial charge in [0.1, 0.15) is 0 Å². The van der Waals surface area contributed by atoms with Crippen LogP contribution in [0, 0.1) is 6.92 Å². The fraction of sp³-hybridized carbons (Fsp3) is 0.0769. The van der Waals surface area contributed by atoms with Crippen LogP contribution in [0.3, 0.4) is 0 Å². The normalized spacial score (nSPS) is 11.4. The van der Waals surface area contributed by atoms with Crippen LogP contribution < -0.4 is 10.5 Å². The van der Waals surface area contributed by atoms with Crippen molar-refractivity contribution < 1.29 is 8.42 Å². The quantitative estimate of drug-likeness (QED) is 0.795. The fourth-order valence-corrected chi connectivity index (χ4v) is 3.54. The van der Waals surface area contributed by atoms with Crippen LogP contribution in [0.5, 0.6) is 0 Å². The molecular formula is C13H11Cl3N2O2S. The second-order valence-corrected chi connectivity index (χ2v) is 7.34. The minimum absolute atomic E-state index is 0.0120. The first-order valence-electron chi connectivity index (χ1n) is 5.73. The number of anilines is 2. The van der Waals surface area contributed by atoms with E-state index in [2.05, 4.69) is 4.72 Å². The fourth-order valence-electron chi connectivity index (χ4n) is 1.74. The number of nitrogens with one attached hydrogen (secondary N) is 1. The summed E-state index contributed by atoms with van der Waals surface area (Å²) < 4.78 is 27.1. The summed E-state index contributed by atoms with van der Waals surface area (Å²) in [6.45, 7) is 1.67. The zero-order valence-electron chi connectivity index (χ0n) is 10.8. The van der Waals surface area contributed by atoms with Gasteiger partial charge >= 0.3 is 0 Å². The van der Waals surface area contributed by atoms with E-state index in [0.29, 0.717) is 20.6 Å². The number of rotatable bonds is 3. The lowest BCUT2D eigenvalue weighted by molar-refractivity contribution is 0.601. The van der Waals surface area contributed by atoms with Gasteiger partial charge in [0, 0.05) is 10.0 Å². The highest BCUT2D eigenvalue weighted by molar-refractivity contribution is 7.92. The summed E-state index contributed by atoms with van der Waals surface area (Å²) in [4.78, 5) is 0.0120. The van der Waals surface area contributed by atoms with Gasteiger partial charge in [0.05, 0.1) is 21.3 Å². The van der Waals surface area contributed by atoms with Crippen LogP contribution in [0.25, 0.3) is 0 Å². The van der Waals surface area contributed by atoms with E-state index in [1.807, 2.05) is 0 Å². The number of benzene rings is 2. The van der Waals surface area contributed by atoms with Crippen LogP contribution in [0.2, 0.25) is 15.1 Å². The number of aryl methyl sites for hydroxylation is 1. The highest BCUT2D eigenvalue weighted by Crippen LogP contribution is 2.29. The standard InChI is InChI=1S/C13H11Cl3N2O2S/c1-7-2-11(6-12(17)13(7)16)21(19,20)18-10-4-8(14)3-9(15)5-10/h2-6,18H,17H2,1H3. The molecule has 3 N–H and O–H groups in total. The summed E-state index contributed by atoms with van der Waals surface area (Å²) in [5.41, 5.74) is 6.72. The van der Waals surface area contributed by atoms with Crippen LogP contribution in [0.15, 0.2) is 35.2 Å². The maximum atomic E-state index is 12.3. The van der Waals surface area contributed by atoms with E-state index >= 15 is 0 Å². The summed E-state index contributed by atoms with van der Waals surface area (Å²) in [5.74, 6) is 0. The monoisotopic (exact) mass is 364 g/mol. The van der Waals surface area contributed by atoms with Gasteiger partial charge in [-0.05, 0) is 42.8 Å². The van der Waals surface area contributed by atoms with Gasteiger partial charge in [-0.25, -0.2) is 8.42 Å². The molecule has 2 aromatic rings. The van der Waals surface area contributed by atoms with Gasteiger partial charge in [0.25, 0.3) is 10.0 Å². The predicted octanol–water partition coefficient (Wildman–Crippen LogP) is 4.34. The third-order valence-corrected chi connectivity index (χ3v) is 4.99. The minimum atomic E-state index is -3.81. The molecule has 8 heteroatoms. The highest BCUT2D eigenvalue weighted by Gasteiger charge is 2.17. The van der Waals surface area contributed by atoms with Crippen molar-refractivity contribution in [3.8, 4) is 0 Å². The highest BCUT2D eigenvalue weighted by atomic mass is 35.5. The number of hydrogen-bond acceptors (Lipinski definition) is 3. The molecular weight excluding hydrogens is 355 g/mol. The van der Waals surface area contributed by atoms with Gasteiger partial charge in [0.2, 0.25) is 0 Å². The van der Waals surface area contributed by atoms with Gasteiger partial charge in [-0.3, -0.25) is 4.72 Å². The summed E-state index contributed by atoms with van der Waals surface area (Å²) in [6.07, 6.45) is 0. The Balaban J connectivity index is 2.43. The lowest BCUT2D eigenvalue weighted by Crippen LogP contribution is -2.13. The Morgan fingerprint density at radius 3 is 2.10 bits per heavy atom.